The SMILES string of the molecule is CCCC(=O)Oc1c(OC)cc(O)c2c(=O)c(OC)c(-c3ccccc3)oc12. The molecular formula is C21H20O7. The zero-order chi connectivity index (χ0) is 20.3. The van der Waals surface area contributed by atoms with Crippen molar-refractivity contribution in [1.82, 2.24) is 0 Å². The van der Waals surface area contributed by atoms with Crippen LogP contribution in [0.5, 0.6) is 23.0 Å². The van der Waals surface area contributed by atoms with Crippen molar-refractivity contribution >= 4 is 16.9 Å². The topological polar surface area (TPSA) is 95.2 Å². The van der Waals surface area contributed by atoms with Crippen molar-refractivity contribution in [1.29, 1.82) is 0 Å². The first-order chi connectivity index (χ1) is 13.5. The summed E-state index contributed by atoms with van der Waals surface area (Å²) in [6.45, 7) is 1.84. The van der Waals surface area contributed by atoms with Gasteiger partial charge in [0.05, 0.1) is 14.2 Å². The molecule has 28 heavy (non-hydrogen) atoms. The van der Waals surface area contributed by atoms with Crippen LogP contribution in [0.25, 0.3) is 22.3 Å². The standard InChI is InChI=1S/C21H20O7/c1-4-8-15(23)27-19-14(25-2)11-13(22)16-17(24)21(26-3)18(28-20(16)19)12-9-6-5-7-10-12/h5-7,9-11,22H,4,8H2,1-3H3. The third-order valence-corrected chi connectivity index (χ3v) is 4.15. The number of aromatic hydroxyl groups is 1. The summed E-state index contributed by atoms with van der Waals surface area (Å²) in [5.41, 5.74) is -0.0898. The van der Waals surface area contributed by atoms with E-state index in [4.69, 9.17) is 18.6 Å². The average molecular weight is 384 g/mol. The number of phenolic OH excluding ortho intramolecular Hbond substituents is 1. The molecule has 0 unspecified atom stereocenters. The van der Waals surface area contributed by atoms with Crippen molar-refractivity contribution in [3.63, 3.8) is 0 Å². The van der Waals surface area contributed by atoms with Gasteiger partial charge in [0.1, 0.15) is 11.1 Å². The lowest BCUT2D eigenvalue weighted by molar-refractivity contribution is -0.134. The summed E-state index contributed by atoms with van der Waals surface area (Å²) in [7, 11) is 2.70. The Morgan fingerprint density at radius 1 is 1.11 bits per heavy atom. The molecule has 7 nitrogen and oxygen atoms in total. The van der Waals surface area contributed by atoms with E-state index in [0.717, 1.165) is 0 Å². The fourth-order valence-corrected chi connectivity index (χ4v) is 2.87. The van der Waals surface area contributed by atoms with Crippen LogP contribution >= 0.6 is 0 Å². The molecule has 1 N–H and O–H groups in total. The lowest BCUT2D eigenvalue weighted by Crippen LogP contribution is -2.12. The third kappa shape index (κ3) is 3.38. The van der Waals surface area contributed by atoms with Crippen molar-refractivity contribution < 1.29 is 28.5 Å². The molecule has 0 radical (unpaired) electrons. The summed E-state index contributed by atoms with van der Waals surface area (Å²) in [5, 5.41) is 10.2. The maximum absolute atomic E-state index is 13.0. The van der Waals surface area contributed by atoms with E-state index in [9.17, 15) is 14.7 Å². The molecule has 3 aromatic rings. The minimum absolute atomic E-state index is 0.0642. The van der Waals surface area contributed by atoms with E-state index in [0.29, 0.717) is 12.0 Å². The molecule has 1 aromatic heterocycles. The summed E-state index contributed by atoms with van der Waals surface area (Å²) in [4.78, 5) is 25.1. The highest BCUT2D eigenvalue weighted by molar-refractivity contribution is 5.95. The zero-order valence-electron chi connectivity index (χ0n) is 15.8. The van der Waals surface area contributed by atoms with E-state index in [1.54, 1.807) is 24.3 Å². The molecule has 0 aliphatic rings. The van der Waals surface area contributed by atoms with Gasteiger partial charge in [0, 0.05) is 18.1 Å². The molecular weight excluding hydrogens is 364 g/mol. The number of methoxy groups -OCH3 is 2. The van der Waals surface area contributed by atoms with Gasteiger partial charge in [-0.05, 0) is 6.42 Å². The van der Waals surface area contributed by atoms with Crippen molar-refractivity contribution in [2.45, 2.75) is 19.8 Å². The summed E-state index contributed by atoms with van der Waals surface area (Å²) < 4.78 is 21.8. The monoisotopic (exact) mass is 384 g/mol. The quantitative estimate of drug-likeness (QED) is 0.509. The summed E-state index contributed by atoms with van der Waals surface area (Å²) in [6.07, 6.45) is 0.766. The van der Waals surface area contributed by atoms with Crippen molar-refractivity contribution in [3.05, 3.63) is 46.6 Å². The minimum atomic E-state index is -0.587. The Morgan fingerprint density at radius 3 is 2.43 bits per heavy atom. The second-order valence-corrected chi connectivity index (χ2v) is 6.01. The van der Waals surface area contributed by atoms with Crippen molar-refractivity contribution in [3.8, 4) is 34.3 Å². The molecule has 2 aromatic carbocycles. The third-order valence-electron chi connectivity index (χ3n) is 4.15. The van der Waals surface area contributed by atoms with Gasteiger partial charge >= 0.3 is 5.97 Å². The van der Waals surface area contributed by atoms with Gasteiger partial charge in [0.2, 0.25) is 16.9 Å². The van der Waals surface area contributed by atoms with E-state index in [-0.39, 0.29) is 46.1 Å². The summed E-state index contributed by atoms with van der Waals surface area (Å²) in [5.74, 6) is -0.778. The largest absolute Gasteiger partial charge is 0.507 e. The maximum Gasteiger partial charge on any atom is 0.311 e. The molecule has 0 saturated carbocycles. The molecule has 0 fully saturated rings. The van der Waals surface area contributed by atoms with E-state index in [1.807, 2.05) is 13.0 Å². The van der Waals surface area contributed by atoms with Gasteiger partial charge in [-0.3, -0.25) is 9.59 Å². The molecule has 0 spiro atoms. The van der Waals surface area contributed by atoms with Crippen LogP contribution in [-0.2, 0) is 4.79 Å². The lowest BCUT2D eigenvalue weighted by atomic mass is 10.1. The predicted molar refractivity (Wildman–Crippen MR) is 103 cm³/mol. The number of hydrogen-bond acceptors (Lipinski definition) is 7. The van der Waals surface area contributed by atoms with Crippen LogP contribution in [-0.4, -0.2) is 25.3 Å². The molecule has 0 bridgehead atoms. The van der Waals surface area contributed by atoms with E-state index in [1.165, 1.54) is 20.3 Å². The average Bonchev–Trinajstić information content (AvgIpc) is 2.70. The lowest BCUT2D eigenvalue weighted by Gasteiger charge is -2.15. The number of benzene rings is 2. The number of carbonyl (C=O) groups excluding carboxylic acids is 1. The highest BCUT2D eigenvalue weighted by Gasteiger charge is 2.26. The number of ether oxygens (including phenoxy) is 3. The molecule has 3 rings (SSSR count). The van der Waals surface area contributed by atoms with Crippen LogP contribution in [0, 0.1) is 0 Å². The number of hydrogen-bond donors (Lipinski definition) is 1. The van der Waals surface area contributed by atoms with Crippen LogP contribution in [0.1, 0.15) is 19.8 Å². The molecule has 0 aliphatic heterocycles. The Morgan fingerprint density at radius 2 is 1.82 bits per heavy atom. The van der Waals surface area contributed by atoms with Crippen LogP contribution in [0.4, 0.5) is 0 Å². The Labute approximate surface area is 161 Å². The normalized spacial score (nSPS) is 10.7. The number of rotatable bonds is 6. The maximum atomic E-state index is 13.0. The Balaban J connectivity index is 2.38. The molecule has 7 heteroatoms. The number of carbonyl (C=O) groups is 1. The van der Waals surface area contributed by atoms with E-state index >= 15 is 0 Å². The molecule has 1 heterocycles. The first kappa shape index (κ1) is 19.3. The van der Waals surface area contributed by atoms with Gasteiger partial charge in [-0.1, -0.05) is 37.3 Å². The molecule has 0 atom stereocenters. The highest BCUT2D eigenvalue weighted by atomic mass is 16.6. The zero-order valence-corrected chi connectivity index (χ0v) is 15.8. The van der Waals surface area contributed by atoms with Crippen LogP contribution in [0.2, 0.25) is 0 Å². The molecule has 0 aliphatic carbocycles. The Kier molecular flexibility index (Phi) is 5.54. The van der Waals surface area contributed by atoms with Gasteiger partial charge in [-0.15, -0.1) is 0 Å². The number of fused-ring (bicyclic) bond motifs is 1. The van der Waals surface area contributed by atoms with Crippen molar-refractivity contribution in [2.24, 2.45) is 0 Å². The first-order valence-electron chi connectivity index (χ1n) is 8.72. The fourth-order valence-electron chi connectivity index (χ4n) is 2.87. The highest BCUT2D eigenvalue weighted by Crippen LogP contribution is 2.43. The van der Waals surface area contributed by atoms with E-state index < -0.39 is 11.4 Å². The van der Waals surface area contributed by atoms with Gasteiger partial charge in [0.25, 0.3) is 0 Å². The van der Waals surface area contributed by atoms with Gasteiger partial charge in [-0.2, -0.15) is 0 Å². The van der Waals surface area contributed by atoms with Gasteiger partial charge < -0.3 is 23.7 Å². The molecule has 146 valence electrons. The fraction of sp³-hybridized carbons (Fsp3) is 0.238. The first-order valence-corrected chi connectivity index (χ1v) is 8.72. The molecule has 0 amide bonds. The van der Waals surface area contributed by atoms with Gasteiger partial charge in [0.15, 0.2) is 17.1 Å². The van der Waals surface area contributed by atoms with E-state index in [2.05, 4.69) is 0 Å². The second-order valence-electron chi connectivity index (χ2n) is 6.01. The Bertz CT molecular complexity index is 1070. The van der Waals surface area contributed by atoms with Gasteiger partial charge in [-0.25, -0.2) is 0 Å². The Hall–Kier alpha value is -3.48. The van der Waals surface area contributed by atoms with Crippen LogP contribution in [0.15, 0.2) is 45.6 Å². The van der Waals surface area contributed by atoms with Crippen LogP contribution in [0.3, 0.4) is 0 Å². The van der Waals surface area contributed by atoms with Crippen molar-refractivity contribution in [2.75, 3.05) is 14.2 Å². The second kappa shape index (κ2) is 8.04. The predicted octanol–water partition coefficient (Wildman–Crippen LogP) is 3.89. The number of phenols is 1. The molecule has 0 saturated heterocycles. The smallest absolute Gasteiger partial charge is 0.311 e. The summed E-state index contributed by atoms with van der Waals surface area (Å²) in [6, 6.07) is 10.1. The summed E-state index contributed by atoms with van der Waals surface area (Å²) >= 11 is 0. The number of esters is 1. The van der Waals surface area contributed by atoms with Crippen LogP contribution < -0.4 is 19.6 Å². The minimum Gasteiger partial charge on any atom is -0.507 e.